The Bertz CT molecular complexity index is 764. The van der Waals surface area contributed by atoms with Crippen molar-refractivity contribution >= 4 is 11.6 Å². The second kappa shape index (κ2) is 3.29. The Hall–Kier alpha value is -2.43. The summed E-state index contributed by atoms with van der Waals surface area (Å²) in [5.41, 5.74) is 1.69. The summed E-state index contributed by atoms with van der Waals surface area (Å²) >= 11 is 0. The first kappa shape index (κ1) is 10.7. The zero-order chi connectivity index (χ0) is 13.0. The Balaban J connectivity index is 2.46. The van der Waals surface area contributed by atoms with Gasteiger partial charge in [-0.25, -0.2) is 4.79 Å². The summed E-state index contributed by atoms with van der Waals surface area (Å²) in [5.74, 6) is -1.76. The van der Waals surface area contributed by atoms with Gasteiger partial charge in [0.1, 0.15) is 5.69 Å². The largest absolute Gasteiger partial charge is 0.419 e. The third-order valence-electron chi connectivity index (χ3n) is 3.10. The number of aryl methyl sites for hydroxylation is 1. The van der Waals surface area contributed by atoms with Crippen LogP contribution in [0.25, 0.3) is 11.3 Å². The molecule has 1 aliphatic rings. The number of fused-ring (bicyclic) bond motifs is 3. The van der Waals surface area contributed by atoms with Gasteiger partial charge in [-0.05, 0) is 13.0 Å². The number of carbonyl (C=O) groups excluding carboxylic acids is 2. The molecule has 1 aromatic heterocycles. The van der Waals surface area contributed by atoms with Crippen LogP contribution in [0.3, 0.4) is 0 Å². The van der Waals surface area contributed by atoms with Gasteiger partial charge in [-0.3, -0.25) is 14.2 Å². The first-order valence-electron chi connectivity index (χ1n) is 5.40. The number of Topliss-reactive ketones (excluding diaryl/α,β-unsaturated/α-hetero) is 2. The smallest absolute Gasteiger partial charge is 0.407 e. The summed E-state index contributed by atoms with van der Waals surface area (Å²) in [7, 11) is 1.41. The number of aromatic nitrogens is 1. The molecule has 0 aliphatic heterocycles. The summed E-state index contributed by atoms with van der Waals surface area (Å²) in [6.07, 6.45) is 0. The molecular formula is C13H9NO4. The molecule has 0 spiro atoms. The third-order valence-corrected chi connectivity index (χ3v) is 3.10. The van der Waals surface area contributed by atoms with Crippen LogP contribution in [0.15, 0.2) is 27.4 Å². The minimum atomic E-state index is -0.698. The van der Waals surface area contributed by atoms with Gasteiger partial charge < -0.3 is 4.42 Å². The van der Waals surface area contributed by atoms with Gasteiger partial charge in [0.15, 0.2) is 5.76 Å². The molecule has 1 aromatic carbocycles. The van der Waals surface area contributed by atoms with Crippen LogP contribution in [0.4, 0.5) is 0 Å². The molecule has 0 N–H and O–H groups in total. The molecule has 5 heteroatoms. The molecule has 2 aromatic rings. The van der Waals surface area contributed by atoms with E-state index in [-0.39, 0.29) is 11.5 Å². The molecule has 0 saturated carbocycles. The molecule has 18 heavy (non-hydrogen) atoms. The van der Waals surface area contributed by atoms with Crippen molar-refractivity contribution in [1.29, 1.82) is 0 Å². The van der Waals surface area contributed by atoms with Gasteiger partial charge in [0, 0.05) is 18.2 Å². The van der Waals surface area contributed by atoms with Crippen LogP contribution < -0.4 is 5.76 Å². The van der Waals surface area contributed by atoms with Crippen molar-refractivity contribution in [2.75, 3.05) is 0 Å². The monoisotopic (exact) mass is 243 g/mol. The van der Waals surface area contributed by atoms with E-state index in [9.17, 15) is 14.4 Å². The van der Waals surface area contributed by atoms with E-state index in [0.29, 0.717) is 11.1 Å². The summed E-state index contributed by atoms with van der Waals surface area (Å²) in [6.45, 7) is 1.83. The lowest BCUT2D eigenvalue weighted by Gasteiger charge is -2.13. The van der Waals surface area contributed by atoms with E-state index in [0.717, 1.165) is 10.1 Å². The Morgan fingerprint density at radius 1 is 1.06 bits per heavy atom. The molecule has 0 bridgehead atoms. The molecular weight excluding hydrogens is 234 g/mol. The van der Waals surface area contributed by atoms with Crippen molar-refractivity contribution in [3.05, 3.63) is 45.6 Å². The Morgan fingerprint density at radius 2 is 1.78 bits per heavy atom. The van der Waals surface area contributed by atoms with Gasteiger partial charge in [0.05, 0.1) is 0 Å². The Morgan fingerprint density at radius 3 is 2.50 bits per heavy atom. The zero-order valence-corrected chi connectivity index (χ0v) is 9.81. The number of hydrogen-bond acceptors (Lipinski definition) is 4. The standard InChI is InChI=1S/C13H9NO4/c1-6-3-4-7-8(5-6)10(15)11(16)9-12(7)18-13(17)14(9)2/h3-5H,1-2H3. The van der Waals surface area contributed by atoms with Crippen LogP contribution in [0.5, 0.6) is 0 Å². The van der Waals surface area contributed by atoms with Crippen molar-refractivity contribution < 1.29 is 14.0 Å². The fraction of sp³-hybridized carbons (Fsp3) is 0.154. The molecule has 0 atom stereocenters. The van der Waals surface area contributed by atoms with Crippen LogP contribution in [0.1, 0.15) is 26.4 Å². The van der Waals surface area contributed by atoms with Gasteiger partial charge in [-0.2, -0.15) is 0 Å². The highest BCUT2D eigenvalue weighted by Gasteiger charge is 2.35. The molecule has 1 heterocycles. The lowest BCUT2D eigenvalue weighted by atomic mass is 9.89. The van der Waals surface area contributed by atoms with Gasteiger partial charge in [-0.1, -0.05) is 17.7 Å². The molecule has 5 nitrogen and oxygen atoms in total. The number of rotatable bonds is 0. The topological polar surface area (TPSA) is 69.3 Å². The molecule has 1 aliphatic carbocycles. The normalized spacial score (nSPS) is 13.4. The van der Waals surface area contributed by atoms with E-state index < -0.39 is 17.3 Å². The molecule has 0 unspecified atom stereocenters. The first-order chi connectivity index (χ1) is 8.50. The number of nitrogens with zero attached hydrogens (tertiary/aromatic N) is 1. The van der Waals surface area contributed by atoms with E-state index in [2.05, 4.69) is 0 Å². The number of carbonyl (C=O) groups is 2. The molecule has 0 fully saturated rings. The Kier molecular flexibility index (Phi) is 1.96. The Labute approximate surface area is 102 Å². The fourth-order valence-electron chi connectivity index (χ4n) is 2.16. The van der Waals surface area contributed by atoms with Crippen molar-refractivity contribution in [3.8, 4) is 11.3 Å². The average Bonchev–Trinajstić information content (AvgIpc) is 2.63. The highest BCUT2D eigenvalue weighted by molar-refractivity contribution is 6.52. The number of ketones is 2. The second-order valence-electron chi connectivity index (χ2n) is 4.31. The summed E-state index contributed by atoms with van der Waals surface area (Å²) in [4.78, 5) is 35.4. The fourth-order valence-corrected chi connectivity index (χ4v) is 2.16. The highest BCUT2D eigenvalue weighted by atomic mass is 16.4. The first-order valence-corrected chi connectivity index (χ1v) is 5.40. The predicted octanol–water partition coefficient (Wildman–Crippen LogP) is 1.33. The van der Waals surface area contributed by atoms with Crippen molar-refractivity contribution in [1.82, 2.24) is 4.57 Å². The highest BCUT2D eigenvalue weighted by Crippen LogP contribution is 2.33. The van der Waals surface area contributed by atoms with Crippen LogP contribution >= 0.6 is 0 Å². The van der Waals surface area contributed by atoms with Crippen LogP contribution in [-0.2, 0) is 7.05 Å². The minimum Gasteiger partial charge on any atom is -0.407 e. The average molecular weight is 243 g/mol. The second-order valence-corrected chi connectivity index (χ2v) is 4.31. The summed E-state index contributed by atoms with van der Waals surface area (Å²) in [5, 5.41) is 0. The van der Waals surface area contributed by atoms with Gasteiger partial charge >= 0.3 is 5.76 Å². The third kappa shape index (κ3) is 1.18. The van der Waals surface area contributed by atoms with E-state index in [1.165, 1.54) is 7.05 Å². The summed E-state index contributed by atoms with van der Waals surface area (Å²) < 4.78 is 6.12. The lowest BCUT2D eigenvalue weighted by molar-refractivity contribution is 0.0810. The number of benzene rings is 1. The van der Waals surface area contributed by atoms with E-state index in [1.807, 2.05) is 6.92 Å². The molecule has 90 valence electrons. The number of hydrogen-bond donors (Lipinski definition) is 0. The molecule has 3 rings (SSSR count). The maximum absolute atomic E-state index is 12.0. The lowest BCUT2D eigenvalue weighted by Crippen LogP contribution is -2.25. The quantitative estimate of drug-likeness (QED) is 0.654. The van der Waals surface area contributed by atoms with Crippen molar-refractivity contribution in [3.63, 3.8) is 0 Å². The molecule has 0 amide bonds. The SMILES string of the molecule is Cc1ccc2c(c1)C(=O)C(=O)c1c-2oc(=O)n1C. The maximum atomic E-state index is 12.0. The molecule has 0 radical (unpaired) electrons. The van der Waals surface area contributed by atoms with E-state index in [4.69, 9.17) is 4.42 Å². The van der Waals surface area contributed by atoms with Crippen LogP contribution in [0, 0.1) is 6.92 Å². The zero-order valence-electron chi connectivity index (χ0n) is 9.81. The number of oxazole rings is 1. The summed E-state index contributed by atoms with van der Waals surface area (Å²) in [6, 6.07) is 5.13. The van der Waals surface area contributed by atoms with E-state index >= 15 is 0 Å². The molecule has 0 saturated heterocycles. The van der Waals surface area contributed by atoms with Crippen molar-refractivity contribution in [2.24, 2.45) is 7.05 Å². The van der Waals surface area contributed by atoms with Crippen molar-refractivity contribution in [2.45, 2.75) is 6.92 Å². The maximum Gasteiger partial charge on any atom is 0.419 e. The van der Waals surface area contributed by atoms with Crippen LogP contribution in [-0.4, -0.2) is 16.1 Å². The predicted molar refractivity (Wildman–Crippen MR) is 62.8 cm³/mol. The van der Waals surface area contributed by atoms with Gasteiger partial charge in [-0.15, -0.1) is 0 Å². The van der Waals surface area contributed by atoms with Gasteiger partial charge in [0.25, 0.3) is 5.78 Å². The minimum absolute atomic E-state index is 0.0290. The van der Waals surface area contributed by atoms with Crippen LogP contribution in [0.2, 0.25) is 0 Å². The van der Waals surface area contributed by atoms with Gasteiger partial charge in [0.2, 0.25) is 5.78 Å². The van der Waals surface area contributed by atoms with E-state index in [1.54, 1.807) is 18.2 Å².